The van der Waals surface area contributed by atoms with E-state index < -0.39 is 97.5 Å². The maximum absolute atomic E-state index is 13.1. The highest BCUT2D eigenvalue weighted by Crippen LogP contribution is 2.45. The molecular weight excluding hydrogens is 1290 g/mol. The Morgan fingerprint density at radius 1 is 0.273 bits per heavy atom. The summed E-state index contributed by atoms with van der Waals surface area (Å²) >= 11 is 0. The largest absolute Gasteiger partial charge is 0.472 e. The van der Waals surface area contributed by atoms with Crippen molar-refractivity contribution >= 4 is 39.5 Å². The van der Waals surface area contributed by atoms with Gasteiger partial charge in [-0.15, -0.1) is 0 Å². The molecule has 5 atom stereocenters. The molecular formula is C80H156O17P2. The van der Waals surface area contributed by atoms with Crippen LogP contribution in [-0.4, -0.2) is 96.7 Å². The van der Waals surface area contributed by atoms with Crippen LogP contribution in [-0.2, 0) is 65.4 Å². The van der Waals surface area contributed by atoms with Gasteiger partial charge in [-0.3, -0.25) is 37.3 Å². The predicted molar refractivity (Wildman–Crippen MR) is 405 cm³/mol. The summed E-state index contributed by atoms with van der Waals surface area (Å²) < 4.78 is 68.7. The second-order valence-electron chi connectivity index (χ2n) is 29.8. The molecule has 0 aromatic heterocycles. The van der Waals surface area contributed by atoms with E-state index in [0.717, 1.165) is 102 Å². The Hall–Kier alpha value is -1.94. The standard InChI is InChI=1S/C80H156O17P2/c1-7-9-11-13-15-17-19-21-27-34-40-46-52-58-64-79(84)96-75(68-90-77(82)62-56-50-44-38-32-20-18-16-14-12-10-8-2)70-94-98(86,87)92-66-74(81)67-93-99(88,89)95-71-76(69-91-78(83)63-57-51-45-39-33-29-24-26-31-37-43-49-55-61-73(5)6)97-80(85)65-59-53-47-41-35-28-23-22-25-30-36-42-48-54-60-72(3)4/h72-76,81H,7-71H2,1-6H3,(H,86,87)(H,88,89)/t74-,75+,76+/m0/s1. The molecule has 0 saturated carbocycles. The van der Waals surface area contributed by atoms with Gasteiger partial charge in [-0.05, 0) is 37.5 Å². The van der Waals surface area contributed by atoms with Crippen molar-refractivity contribution in [1.82, 2.24) is 0 Å². The van der Waals surface area contributed by atoms with Crippen LogP contribution in [0.15, 0.2) is 0 Å². The molecule has 0 amide bonds. The fraction of sp³-hybridized carbons (Fsp3) is 0.950. The van der Waals surface area contributed by atoms with Gasteiger partial charge in [0.15, 0.2) is 12.2 Å². The Morgan fingerprint density at radius 3 is 0.687 bits per heavy atom. The Labute approximate surface area is 607 Å². The number of carbonyl (C=O) groups excluding carboxylic acids is 4. The molecule has 0 aliphatic heterocycles. The summed E-state index contributed by atoms with van der Waals surface area (Å²) in [5.74, 6) is -0.520. The Balaban J connectivity index is 5.26. The predicted octanol–water partition coefficient (Wildman–Crippen LogP) is 23.9. The van der Waals surface area contributed by atoms with Gasteiger partial charge in [0.05, 0.1) is 26.4 Å². The van der Waals surface area contributed by atoms with E-state index in [-0.39, 0.29) is 25.7 Å². The molecule has 0 radical (unpaired) electrons. The van der Waals surface area contributed by atoms with Crippen molar-refractivity contribution in [3.8, 4) is 0 Å². The molecule has 19 heteroatoms. The van der Waals surface area contributed by atoms with Gasteiger partial charge in [0.1, 0.15) is 19.3 Å². The normalized spacial score (nSPS) is 13.9. The summed E-state index contributed by atoms with van der Waals surface area (Å²) in [6.45, 7) is 9.68. The van der Waals surface area contributed by atoms with Crippen LogP contribution in [0.1, 0.15) is 420 Å². The lowest BCUT2D eigenvalue weighted by molar-refractivity contribution is -0.161. The van der Waals surface area contributed by atoms with Gasteiger partial charge in [-0.25, -0.2) is 9.13 Å². The van der Waals surface area contributed by atoms with E-state index in [1.54, 1.807) is 0 Å². The van der Waals surface area contributed by atoms with E-state index >= 15 is 0 Å². The minimum atomic E-state index is -4.96. The summed E-state index contributed by atoms with van der Waals surface area (Å²) in [6, 6.07) is 0. The van der Waals surface area contributed by atoms with E-state index in [9.17, 15) is 43.2 Å². The Morgan fingerprint density at radius 2 is 0.465 bits per heavy atom. The number of hydrogen-bond acceptors (Lipinski definition) is 15. The highest BCUT2D eigenvalue weighted by Gasteiger charge is 2.30. The van der Waals surface area contributed by atoms with Gasteiger partial charge in [-0.2, -0.15) is 0 Å². The first-order chi connectivity index (χ1) is 47.9. The van der Waals surface area contributed by atoms with Crippen molar-refractivity contribution < 1.29 is 80.2 Å². The van der Waals surface area contributed by atoms with E-state index in [0.29, 0.717) is 25.7 Å². The lowest BCUT2D eigenvalue weighted by Crippen LogP contribution is -2.30. The smallest absolute Gasteiger partial charge is 0.462 e. The highest BCUT2D eigenvalue weighted by atomic mass is 31.2. The van der Waals surface area contributed by atoms with Gasteiger partial charge in [-0.1, -0.05) is 369 Å². The van der Waals surface area contributed by atoms with Crippen molar-refractivity contribution in [2.75, 3.05) is 39.6 Å². The quantitative estimate of drug-likeness (QED) is 0.0222. The first-order valence-electron chi connectivity index (χ1n) is 41.5. The monoisotopic (exact) mass is 1450 g/mol. The molecule has 0 saturated heterocycles. The molecule has 2 unspecified atom stereocenters. The van der Waals surface area contributed by atoms with Crippen LogP contribution in [0.5, 0.6) is 0 Å². The molecule has 0 bridgehead atoms. The fourth-order valence-electron chi connectivity index (χ4n) is 12.4. The minimum Gasteiger partial charge on any atom is -0.462 e. The molecule has 0 aliphatic rings. The van der Waals surface area contributed by atoms with E-state index in [1.807, 2.05) is 0 Å². The zero-order valence-electron chi connectivity index (χ0n) is 64.8. The van der Waals surface area contributed by atoms with Crippen LogP contribution in [0.3, 0.4) is 0 Å². The van der Waals surface area contributed by atoms with Gasteiger partial charge >= 0.3 is 39.5 Å². The summed E-state index contributed by atoms with van der Waals surface area (Å²) in [5, 5.41) is 10.6. The van der Waals surface area contributed by atoms with Crippen molar-refractivity contribution in [3.63, 3.8) is 0 Å². The zero-order valence-corrected chi connectivity index (χ0v) is 66.6. The highest BCUT2D eigenvalue weighted by molar-refractivity contribution is 7.47. The average Bonchev–Trinajstić information content (AvgIpc) is 1.27. The van der Waals surface area contributed by atoms with E-state index in [2.05, 4.69) is 41.5 Å². The third kappa shape index (κ3) is 74.1. The van der Waals surface area contributed by atoms with Crippen LogP contribution in [0, 0.1) is 11.8 Å². The molecule has 17 nitrogen and oxygen atoms in total. The number of aliphatic hydroxyl groups excluding tert-OH is 1. The maximum atomic E-state index is 13.1. The number of ether oxygens (including phenoxy) is 4. The summed E-state index contributed by atoms with van der Waals surface area (Å²) in [4.78, 5) is 73.0. The van der Waals surface area contributed by atoms with Crippen LogP contribution < -0.4 is 0 Å². The number of rotatable bonds is 79. The molecule has 0 spiro atoms. The van der Waals surface area contributed by atoms with E-state index in [4.69, 9.17) is 37.0 Å². The van der Waals surface area contributed by atoms with Gasteiger partial charge < -0.3 is 33.8 Å². The van der Waals surface area contributed by atoms with Gasteiger partial charge in [0, 0.05) is 25.7 Å². The zero-order chi connectivity index (χ0) is 72.8. The van der Waals surface area contributed by atoms with Crippen LogP contribution in [0.4, 0.5) is 0 Å². The molecule has 99 heavy (non-hydrogen) atoms. The molecule has 0 heterocycles. The first-order valence-corrected chi connectivity index (χ1v) is 44.5. The van der Waals surface area contributed by atoms with Crippen molar-refractivity contribution in [1.29, 1.82) is 0 Å². The minimum absolute atomic E-state index is 0.108. The molecule has 0 fully saturated rings. The molecule has 0 aliphatic carbocycles. The van der Waals surface area contributed by atoms with Gasteiger partial charge in [0.25, 0.3) is 0 Å². The number of esters is 4. The van der Waals surface area contributed by atoms with Crippen LogP contribution in [0.2, 0.25) is 0 Å². The number of aliphatic hydroxyl groups is 1. The first kappa shape index (κ1) is 97.1. The van der Waals surface area contributed by atoms with Crippen molar-refractivity contribution in [2.45, 2.75) is 439 Å². The van der Waals surface area contributed by atoms with E-state index in [1.165, 1.54) is 238 Å². The SMILES string of the molecule is CCCCCCCCCCCCCCCCC(=O)O[C@H](COC(=O)CCCCCCCCCCCCCC)COP(=O)(O)OC[C@H](O)COP(=O)(O)OC[C@@H](COC(=O)CCCCCCCCCCCCCCCC(C)C)OC(=O)CCCCCCCCCCCCCCCCC(C)C. The average molecular weight is 1450 g/mol. The maximum Gasteiger partial charge on any atom is 0.472 e. The molecule has 0 rings (SSSR count). The second-order valence-corrected chi connectivity index (χ2v) is 32.7. The summed E-state index contributed by atoms with van der Waals surface area (Å²) in [7, 11) is -9.92. The number of phosphoric acid groups is 2. The molecule has 0 aromatic carbocycles. The van der Waals surface area contributed by atoms with Crippen LogP contribution >= 0.6 is 15.6 Å². The van der Waals surface area contributed by atoms with Crippen LogP contribution in [0.25, 0.3) is 0 Å². The second kappa shape index (κ2) is 71.7. The number of phosphoric ester groups is 2. The molecule has 3 N–H and O–H groups in total. The van der Waals surface area contributed by atoms with Crippen molar-refractivity contribution in [3.05, 3.63) is 0 Å². The number of carbonyl (C=O) groups is 4. The topological polar surface area (TPSA) is 237 Å². The third-order valence-corrected chi connectivity index (χ3v) is 20.6. The Kier molecular flexibility index (Phi) is 70.3. The van der Waals surface area contributed by atoms with Crippen molar-refractivity contribution in [2.24, 2.45) is 11.8 Å². The number of hydrogen-bond donors (Lipinski definition) is 3. The lowest BCUT2D eigenvalue weighted by atomic mass is 10.0. The van der Waals surface area contributed by atoms with Gasteiger partial charge in [0.2, 0.25) is 0 Å². The Bertz CT molecular complexity index is 1910. The molecule has 588 valence electrons. The lowest BCUT2D eigenvalue weighted by Gasteiger charge is -2.21. The fourth-order valence-corrected chi connectivity index (χ4v) is 13.9. The summed E-state index contributed by atoms with van der Waals surface area (Å²) in [5.41, 5.74) is 0. The third-order valence-electron chi connectivity index (χ3n) is 18.7. The number of unbranched alkanes of at least 4 members (excludes halogenated alkanes) is 49. The summed E-state index contributed by atoms with van der Waals surface area (Å²) in [6.07, 6.45) is 60.8. The molecule has 0 aromatic rings.